The van der Waals surface area contributed by atoms with Crippen LogP contribution in [0.4, 0.5) is 5.69 Å². The van der Waals surface area contributed by atoms with Gasteiger partial charge < -0.3 is 5.32 Å². The van der Waals surface area contributed by atoms with E-state index in [2.05, 4.69) is 19.2 Å². The largest absolute Gasteiger partial charge is 0.382 e. The summed E-state index contributed by atoms with van der Waals surface area (Å²) in [5.74, 6) is 1.47. The van der Waals surface area contributed by atoms with E-state index in [1.165, 1.54) is 12.7 Å². The molecule has 0 heterocycles. The van der Waals surface area contributed by atoms with E-state index in [9.17, 15) is 8.42 Å². The molecule has 4 heteroatoms. The molecule has 2 rings (SSSR count). The molecule has 1 N–H and O–H groups in total. The van der Waals surface area contributed by atoms with Crippen molar-refractivity contribution in [2.24, 2.45) is 11.8 Å². The van der Waals surface area contributed by atoms with Crippen LogP contribution in [-0.4, -0.2) is 20.7 Å². The van der Waals surface area contributed by atoms with Gasteiger partial charge >= 0.3 is 0 Å². The van der Waals surface area contributed by atoms with Gasteiger partial charge in [-0.1, -0.05) is 19.9 Å². The van der Waals surface area contributed by atoms with Gasteiger partial charge in [0.15, 0.2) is 9.84 Å². The second-order valence-electron chi connectivity index (χ2n) is 6.06. The highest BCUT2D eigenvalue weighted by molar-refractivity contribution is 7.90. The Bertz CT molecular complexity index is 529. The minimum Gasteiger partial charge on any atom is -0.382 e. The van der Waals surface area contributed by atoms with E-state index in [4.69, 9.17) is 0 Å². The molecule has 0 radical (unpaired) electrons. The first-order valence-electron chi connectivity index (χ1n) is 6.91. The number of anilines is 1. The summed E-state index contributed by atoms with van der Waals surface area (Å²) in [6.07, 6.45) is 4.86. The van der Waals surface area contributed by atoms with Crippen molar-refractivity contribution >= 4 is 15.5 Å². The van der Waals surface area contributed by atoms with Crippen LogP contribution in [0.15, 0.2) is 29.2 Å². The average molecular weight is 281 g/mol. The molecule has 0 spiro atoms. The Morgan fingerprint density at radius 2 is 1.74 bits per heavy atom. The summed E-state index contributed by atoms with van der Waals surface area (Å²) in [4.78, 5) is 0.384. The second-order valence-corrected chi connectivity index (χ2v) is 8.07. The molecule has 0 saturated heterocycles. The van der Waals surface area contributed by atoms with Gasteiger partial charge in [-0.2, -0.15) is 0 Å². The molecule has 1 aromatic rings. The third-order valence-electron chi connectivity index (χ3n) is 3.81. The first kappa shape index (κ1) is 14.4. The Morgan fingerprint density at radius 1 is 1.11 bits per heavy atom. The molecular formula is C15H23NO2S. The van der Waals surface area contributed by atoms with Gasteiger partial charge in [0.2, 0.25) is 0 Å². The van der Waals surface area contributed by atoms with Crippen molar-refractivity contribution in [1.82, 2.24) is 0 Å². The fraction of sp³-hybridized carbons (Fsp3) is 0.600. The monoisotopic (exact) mass is 281 g/mol. The zero-order chi connectivity index (χ0) is 14.0. The Labute approximate surface area is 116 Å². The molecule has 0 aromatic heterocycles. The summed E-state index contributed by atoms with van der Waals surface area (Å²) < 4.78 is 23.1. The molecule has 2 atom stereocenters. The van der Waals surface area contributed by atoms with Crippen LogP contribution in [0.25, 0.3) is 0 Å². The van der Waals surface area contributed by atoms with Gasteiger partial charge in [0.05, 0.1) is 4.90 Å². The lowest BCUT2D eigenvalue weighted by molar-refractivity contribution is 0.281. The Morgan fingerprint density at radius 3 is 2.32 bits per heavy atom. The number of hydrogen-bond acceptors (Lipinski definition) is 3. The first-order chi connectivity index (χ1) is 8.84. The molecule has 3 nitrogen and oxygen atoms in total. The van der Waals surface area contributed by atoms with Gasteiger partial charge in [-0.25, -0.2) is 8.42 Å². The fourth-order valence-corrected chi connectivity index (χ4v) is 3.78. The molecule has 1 aliphatic carbocycles. The van der Waals surface area contributed by atoms with Crippen LogP contribution in [0.2, 0.25) is 0 Å². The van der Waals surface area contributed by atoms with Crippen LogP contribution >= 0.6 is 0 Å². The molecular weight excluding hydrogens is 258 g/mol. The standard InChI is InChI=1S/C15H23NO2S/c1-11-7-12(2)9-14(8-11)16-13-5-4-6-15(10-13)19(3,17)18/h4-6,10-12,14,16H,7-9H2,1-3H3. The maximum absolute atomic E-state index is 11.6. The summed E-state index contributed by atoms with van der Waals surface area (Å²) in [5.41, 5.74) is 0.911. The molecule has 0 bridgehead atoms. The van der Waals surface area contributed by atoms with E-state index in [0.717, 1.165) is 30.4 Å². The summed E-state index contributed by atoms with van der Waals surface area (Å²) in [6, 6.07) is 7.58. The molecule has 19 heavy (non-hydrogen) atoms. The van der Waals surface area contributed by atoms with Gasteiger partial charge in [0.1, 0.15) is 0 Å². The van der Waals surface area contributed by atoms with Gasteiger partial charge in [-0.05, 0) is 49.3 Å². The van der Waals surface area contributed by atoms with Gasteiger partial charge in [-0.15, -0.1) is 0 Å². The highest BCUT2D eigenvalue weighted by Crippen LogP contribution is 2.30. The predicted molar refractivity (Wildman–Crippen MR) is 79.1 cm³/mol. The molecule has 1 aliphatic rings. The normalized spacial score (nSPS) is 28.1. The van der Waals surface area contributed by atoms with Crippen molar-refractivity contribution in [3.8, 4) is 0 Å². The third kappa shape index (κ3) is 3.96. The molecule has 2 unspecified atom stereocenters. The van der Waals surface area contributed by atoms with Crippen molar-refractivity contribution in [2.75, 3.05) is 11.6 Å². The molecule has 106 valence electrons. The summed E-state index contributed by atoms with van der Waals surface area (Å²) in [7, 11) is -3.13. The zero-order valence-corrected chi connectivity index (χ0v) is 12.7. The smallest absolute Gasteiger partial charge is 0.175 e. The van der Waals surface area contributed by atoms with Crippen molar-refractivity contribution in [3.05, 3.63) is 24.3 Å². The highest BCUT2D eigenvalue weighted by atomic mass is 32.2. The average Bonchev–Trinajstić information content (AvgIpc) is 2.26. The lowest BCUT2D eigenvalue weighted by Gasteiger charge is -2.32. The molecule has 1 aromatic carbocycles. The summed E-state index contributed by atoms with van der Waals surface area (Å²) in [5, 5.41) is 3.49. The minimum absolute atomic E-state index is 0.384. The molecule has 1 saturated carbocycles. The van der Waals surface area contributed by atoms with E-state index >= 15 is 0 Å². The first-order valence-corrected chi connectivity index (χ1v) is 8.80. The quantitative estimate of drug-likeness (QED) is 0.924. The van der Waals surface area contributed by atoms with E-state index in [1.807, 2.05) is 6.07 Å². The lowest BCUT2D eigenvalue weighted by atomic mass is 9.80. The second kappa shape index (κ2) is 5.53. The number of benzene rings is 1. The fourth-order valence-electron chi connectivity index (χ4n) is 3.12. The number of hydrogen-bond donors (Lipinski definition) is 1. The maximum Gasteiger partial charge on any atom is 0.175 e. The van der Waals surface area contributed by atoms with E-state index in [1.54, 1.807) is 18.2 Å². The Hall–Kier alpha value is -1.03. The predicted octanol–water partition coefficient (Wildman–Crippen LogP) is 3.33. The zero-order valence-electron chi connectivity index (χ0n) is 11.9. The summed E-state index contributed by atoms with van der Waals surface area (Å²) >= 11 is 0. The van der Waals surface area contributed by atoms with E-state index < -0.39 is 9.84 Å². The Kier molecular flexibility index (Phi) is 4.19. The van der Waals surface area contributed by atoms with Crippen LogP contribution in [0.3, 0.4) is 0 Å². The van der Waals surface area contributed by atoms with Gasteiger partial charge in [0, 0.05) is 18.0 Å². The number of sulfone groups is 1. The number of rotatable bonds is 3. The van der Waals surface area contributed by atoms with Crippen molar-refractivity contribution in [1.29, 1.82) is 0 Å². The Balaban J connectivity index is 2.11. The van der Waals surface area contributed by atoms with Crippen LogP contribution < -0.4 is 5.32 Å². The highest BCUT2D eigenvalue weighted by Gasteiger charge is 2.23. The maximum atomic E-state index is 11.6. The topological polar surface area (TPSA) is 46.2 Å². The SMILES string of the molecule is CC1CC(C)CC(Nc2cccc(S(C)(=O)=O)c2)C1. The number of nitrogens with one attached hydrogen (secondary N) is 1. The lowest BCUT2D eigenvalue weighted by Crippen LogP contribution is -2.30. The van der Waals surface area contributed by atoms with Crippen molar-refractivity contribution < 1.29 is 8.42 Å². The van der Waals surface area contributed by atoms with Crippen LogP contribution in [0.1, 0.15) is 33.1 Å². The van der Waals surface area contributed by atoms with E-state index in [0.29, 0.717) is 10.9 Å². The van der Waals surface area contributed by atoms with Crippen LogP contribution in [0.5, 0.6) is 0 Å². The van der Waals surface area contributed by atoms with Crippen molar-refractivity contribution in [2.45, 2.75) is 44.0 Å². The summed E-state index contributed by atoms with van der Waals surface area (Å²) in [6.45, 7) is 4.58. The van der Waals surface area contributed by atoms with Gasteiger partial charge in [-0.3, -0.25) is 0 Å². The molecule has 0 aliphatic heterocycles. The minimum atomic E-state index is -3.13. The molecule has 1 fully saturated rings. The molecule has 0 amide bonds. The van der Waals surface area contributed by atoms with Crippen molar-refractivity contribution in [3.63, 3.8) is 0 Å². The third-order valence-corrected chi connectivity index (χ3v) is 4.92. The van der Waals surface area contributed by atoms with Gasteiger partial charge in [0.25, 0.3) is 0 Å². The van der Waals surface area contributed by atoms with E-state index in [-0.39, 0.29) is 0 Å². The van der Waals surface area contributed by atoms with Crippen LogP contribution in [0, 0.1) is 11.8 Å². The van der Waals surface area contributed by atoms with Crippen LogP contribution in [-0.2, 0) is 9.84 Å².